The molecule has 1 saturated heterocycles. The van der Waals surface area contributed by atoms with Crippen LogP contribution >= 0.6 is 0 Å². The molecule has 0 bridgehead atoms. The van der Waals surface area contributed by atoms with Gasteiger partial charge >= 0.3 is 5.97 Å². The molecule has 2 N–H and O–H groups in total. The van der Waals surface area contributed by atoms with Crippen molar-refractivity contribution in [2.24, 2.45) is 0 Å². The number of rotatable bonds is 7. The van der Waals surface area contributed by atoms with E-state index in [1.54, 1.807) is 0 Å². The van der Waals surface area contributed by atoms with E-state index in [2.05, 4.69) is 5.32 Å². The fourth-order valence-electron chi connectivity index (χ4n) is 3.20. The molecule has 0 aromatic heterocycles. The number of aliphatic carboxylic acids is 1. The molecule has 0 radical (unpaired) electrons. The molecule has 1 aromatic carbocycles. The van der Waals surface area contributed by atoms with Gasteiger partial charge in [-0.15, -0.1) is 0 Å². The molecule has 24 heavy (non-hydrogen) atoms. The summed E-state index contributed by atoms with van der Waals surface area (Å²) < 4.78 is 5.44. The zero-order chi connectivity index (χ0) is 17.6. The molecule has 0 aliphatic carbocycles. The molecule has 1 aliphatic heterocycles. The molecule has 1 amide bonds. The fraction of sp³-hybridized carbons (Fsp3) is 0.579. The average molecular weight is 333 g/mol. The van der Waals surface area contributed by atoms with E-state index in [0.717, 1.165) is 24.0 Å². The highest BCUT2D eigenvalue weighted by atomic mass is 16.5. The Labute approximate surface area is 143 Å². The van der Waals surface area contributed by atoms with Crippen molar-refractivity contribution >= 4 is 11.9 Å². The van der Waals surface area contributed by atoms with Crippen molar-refractivity contribution in [1.82, 2.24) is 5.32 Å². The summed E-state index contributed by atoms with van der Waals surface area (Å²) >= 11 is 0. The smallest absolute Gasteiger partial charge is 0.326 e. The molecule has 1 heterocycles. The van der Waals surface area contributed by atoms with E-state index < -0.39 is 17.4 Å². The summed E-state index contributed by atoms with van der Waals surface area (Å²) in [6.45, 7) is 5.03. The van der Waals surface area contributed by atoms with Crippen molar-refractivity contribution < 1.29 is 19.4 Å². The van der Waals surface area contributed by atoms with Gasteiger partial charge in [0.25, 0.3) is 0 Å². The summed E-state index contributed by atoms with van der Waals surface area (Å²) in [4.78, 5) is 24.5. The number of ether oxygens (including phenoxy) is 1. The first kappa shape index (κ1) is 18.5. The van der Waals surface area contributed by atoms with Gasteiger partial charge in [-0.05, 0) is 31.7 Å². The van der Waals surface area contributed by atoms with E-state index in [9.17, 15) is 14.7 Å². The van der Waals surface area contributed by atoms with E-state index in [-0.39, 0.29) is 5.91 Å². The first-order valence-electron chi connectivity index (χ1n) is 8.68. The molecule has 132 valence electrons. The highest BCUT2D eigenvalue weighted by molar-refractivity contribution is 5.91. The summed E-state index contributed by atoms with van der Waals surface area (Å²) in [5.41, 5.74) is 1.37. The maximum Gasteiger partial charge on any atom is 0.326 e. The van der Waals surface area contributed by atoms with Gasteiger partial charge in [-0.2, -0.15) is 0 Å². The van der Waals surface area contributed by atoms with Gasteiger partial charge in [0.2, 0.25) is 5.91 Å². The Morgan fingerprint density at radius 1 is 1.25 bits per heavy atom. The lowest BCUT2D eigenvalue weighted by atomic mass is 9.73. The molecular weight excluding hydrogens is 306 g/mol. The van der Waals surface area contributed by atoms with Gasteiger partial charge in [0, 0.05) is 13.2 Å². The van der Waals surface area contributed by atoms with Crippen molar-refractivity contribution in [3.63, 3.8) is 0 Å². The number of benzene rings is 1. The number of aryl methyl sites for hydroxylation is 1. The van der Waals surface area contributed by atoms with Crippen molar-refractivity contribution in [3.8, 4) is 0 Å². The summed E-state index contributed by atoms with van der Waals surface area (Å²) in [5, 5.41) is 12.2. The van der Waals surface area contributed by atoms with Crippen LogP contribution in [-0.4, -0.2) is 36.2 Å². The van der Waals surface area contributed by atoms with Crippen LogP contribution in [0.25, 0.3) is 0 Å². The van der Waals surface area contributed by atoms with Crippen LogP contribution in [0.3, 0.4) is 0 Å². The number of hydrogen-bond donors (Lipinski definition) is 2. The minimum absolute atomic E-state index is 0.196. The molecule has 1 atom stereocenters. The zero-order valence-corrected chi connectivity index (χ0v) is 14.5. The second-order valence-corrected chi connectivity index (χ2v) is 6.57. The van der Waals surface area contributed by atoms with Crippen LogP contribution in [0.2, 0.25) is 0 Å². The number of carbonyl (C=O) groups is 2. The Kier molecular flexibility index (Phi) is 6.37. The third kappa shape index (κ3) is 4.15. The SMILES string of the molecule is CCCC[C@H](NC(=O)C1(c2ccc(C)cc2)CCOCC1)C(=O)O. The van der Waals surface area contributed by atoms with E-state index in [4.69, 9.17) is 4.74 Å². The lowest BCUT2D eigenvalue weighted by Gasteiger charge is -2.37. The molecule has 0 spiro atoms. The van der Waals surface area contributed by atoms with Crippen molar-refractivity contribution in [2.45, 2.75) is 57.4 Å². The quantitative estimate of drug-likeness (QED) is 0.804. The maximum absolute atomic E-state index is 13.1. The van der Waals surface area contributed by atoms with E-state index in [0.29, 0.717) is 32.5 Å². The van der Waals surface area contributed by atoms with Crippen LogP contribution < -0.4 is 5.32 Å². The predicted molar refractivity (Wildman–Crippen MR) is 92.0 cm³/mol. The average Bonchev–Trinajstić information content (AvgIpc) is 2.59. The monoisotopic (exact) mass is 333 g/mol. The van der Waals surface area contributed by atoms with Crippen LogP contribution in [-0.2, 0) is 19.7 Å². The van der Waals surface area contributed by atoms with E-state index in [1.807, 2.05) is 38.1 Å². The number of carboxylic acids is 1. The van der Waals surface area contributed by atoms with Gasteiger partial charge in [0.05, 0.1) is 5.41 Å². The lowest BCUT2D eigenvalue weighted by molar-refractivity contribution is -0.144. The minimum atomic E-state index is -0.970. The standard InChI is InChI=1S/C19H27NO4/c1-3-4-5-16(17(21)22)20-18(23)19(10-12-24-13-11-19)15-8-6-14(2)7-9-15/h6-9,16H,3-5,10-13H2,1-2H3,(H,20,23)(H,21,22)/t16-/m0/s1. The Morgan fingerprint density at radius 2 is 1.88 bits per heavy atom. The Balaban J connectivity index is 2.24. The molecule has 0 saturated carbocycles. The fourth-order valence-corrected chi connectivity index (χ4v) is 3.20. The van der Waals surface area contributed by atoms with Gasteiger partial charge in [0.15, 0.2) is 0 Å². The number of nitrogens with one attached hydrogen (secondary N) is 1. The molecule has 2 rings (SSSR count). The number of amides is 1. The van der Waals surface area contributed by atoms with Gasteiger partial charge in [0.1, 0.15) is 6.04 Å². The predicted octanol–water partition coefficient (Wildman–Crippen LogP) is 2.80. The summed E-state index contributed by atoms with van der Waals surface area (Å²) in [7, 11) is 0. The third-order valence-electron chi connectivity index (χ3n) is 4.83. The van der Waals surface area contributed by atoms with Gasteiger partial charge in [-0.3, -0.25) is 4.79 Å². The van der Waals surface area contributed by atoms with Crippen LogP contribution in [0.15, 0.2) is 24.3 Å². The van der Waals surface area contributed by atoms with Crippen molar-refractivity contribution in [1.29, 1.82) is 0 Å². The largest absolute Gasteiger partial charge is 0.480 e. The van der Waals surface area contributed by atoms with Crippen LogP contribution in [0.5, 0.6) is 0 Å². The summed E-state index contributed by atoms with van der Waals surface area (Å²) in [5.74, 6) is -1.17. The highest BCUT2D eigenvalue weighted by Gasteiger charge is 2.42. The normalized spacial score (nSPS) is 17.9. The van der Waals surface area contributed by atoms with Gasteiger partial charge in [-0.25, -0.2) is 4.79 Å². The number of carbonyl (C=O) groups excluding carboxylic acids is 1. The van der Waals surface area contributed by atoms with Crippen LogP contribution in [0.1, 0.15) is 50.2 Å². The Bertz CT molecular complexity index is 561. The second kappa shape index (κ2) is 8.29. The topological polar surface area (TPSA) is 75.6 Å². The van der Waals surface area contributed by atoms with Crippen LogP contribution in [0, 0.1) is 6.92 Å². The van der Waals surface area contributed by atoms with E-state index in [1.165, 1.54) is 0 Å². The molecule has 1 aromatic rings. The van der Waals surface area contributed by atoms with E-state index >= 15 is 0 Å². The Hall–Kier alpha value is -1.88. The Morgan fingerprint density at radius 3 is 2.42 bits per heavy atom. The number of unbranched alkanes of at least 4 members (excludes halogenated alkanes) is 1. The lowest BCUT2D eigenvalue weighted by Crippen LogP contribution is -2.52. The van der Waals surface area contributed by atoms with Gasteiger partial charge < -0.3 is 15.2 Å². The highest BCUT2D eigenvalue weighted by Crippen LogP contribution is 2.35. The molecular formula is C19H27NO4. The first-order chi connectivity index (χ1) is 11.5. The third-order valence-corrected chi connectivity index (χ3v) is 4.83. The minimum Gasteiger partial charge on any atom is -0.480 e. The molecule has 0 unspecified atom stereocenters. The van der Waals surface area contributed by atoms with Crippen molar-refractivity contribution in [2.75, 3.05) is 13.2 Å². The second-order valence-electron chi connectivity index (χ2n) is 6.57. The summed E-state index contributed by atoms with van der Waals surface area (Å²) in [6, 6.07) is 7.10. The maximum atomic E-state index is 13.1. The molecule has 1 aliphatic rings. The van der Waals surface area contributed by atoms with Crippen LogP contribution in [0.4, 0.5) is 0 Å². The molecule has 5 heteroatoms. The zero-order valence-electron chi connectivity index (χ0n) is 14.5. The number of hydrogen-bond acceptors (Lipinski definition) is 3. The molecule has 5 nitrogen and oxygen atoms in total. The van der Waals surface area contributed by atoms with Gasteiger partial charge in [-0.1, -0.05) is 49.6 Å². The molecule has 1 fully saturated rings. The van der Waals surface area contributed by atoms with Crippen molar-refractivity contribution in [3.05, 3.63) is 35.4 Å². The first-order valence-corrected chi connectivity index (χ1v) is 8.68. The number of carboxylic acid groups (broad SMARTS) is 1. The summed E-state index contributed by atoms with van der Waals surface area (Å²) in [6.07, 6.45) is 3.27.